The molecule has 1 aromatic heterocycles. The molecule has 0 N–H and O–H groups in total. The number of fused-ring (bicyclic) bond motifs is 2. The monoisotopic (exact) mass is 259 g/mol. The van der Waals surface area contributed by atoms with Gasteiger partial charge in [-0.2, -0.15) is 0 Å². The van der Waals surface area contributed by atoms with E-state index >= 15 is 0 Å². The predicted octanol–water partition coefficient (Wildman–Crippen LogP) is 1.70. The highest BCUT2D eigenvalue weighted by Gasteiger charge is 2.47. The van der Waals surface area contributed by atoms with Crippen molar-refractivity contribution in [1.82, 2.24) is 14.8 Å². The highest BCUT2D eigenvalue weighted by molar-refractivity contribution is 5.95. The van der Waals surface area contributed by atoms with E-state index in [1.807, 2.05) is 19.1 Å². The van der Waals surface area contributed by atoms with Gasteiger partial charge in [-0.3, -0.25) is 14.7 Å². The summed E-state index contributed by atoms with van der Waals surface area (Å²) >= 11 is 0. The Morgan fingerprint density at radius 1 is 1.32 bits per heavy atom. The minimum atomic E-state index is 0.150. The van der Waals surface area contributed by atoms with Gasteiger partial charge in [0.25, 0.3) is 5.91 Å². The number of likely N-dealkylation sites (tertiary alicyclic amines) is 2. The molecule has 4 heteroatoms. The minimum absolute atomic E-state index is 0.150. The van der Waals surface area contributed by atoms with E-state index in [4.69, 9.17) is 0 Å². The molecule has 102 valence electrons. The number of aromatic nitrogens is 1. The van der Waals surface area contributed by atoms with E-state index < -0.39 is 0 Å². The molecule has 2 fully saturated rings. The van der Waals surface area contributed by atoms with Crippen molar-refractivity contribution in [3.8, 4) is 0 Å². The van der Waals surface area contributed by atoms with Gasteiger partial charge in [-0.1, -0.05) is 0 Å². The summed E-state index contributed by atoms with van der Waals surface area (Å²) < 4.78 is 0. The van der Waals surface area contributed by atoms with Crippen LogP contribution in [0.3, 0.4) is 0 Å². The third-order valence-corrected chi connectivity index (χ3v) is 4.34. The lowest BCUT2D eigenvalue weighted by Gasteiger charge is -2.57. The van der Waals surface area contributed by atoms with Crippen LogP contribution in [0, 0.1) is 6.92 Å². The molecule has 2 unspecified atom stereocenters. The van der Waals surface area contributed by atoms with Crippen molar-refractivity contribution in [2.24, 2.45) is 0 Å². The number of hydrogen-bond donors (Lipinski definition) is 0. The Morgan fingerprint density at radius 2 is 2.00 bits per heavy atom. The molecule has 2 bridgehead atoms. The fourth-order valence-corrected chi connectivity index (χ4v) is 3.14. The first-order chi connectivity index (χ1) is 9.06. The summed E-state index contributed by atoms with van der Waals surface area (Å²) in [6.07, 6.45) is 2.86. The molecule has 2 saturated heterocycles. The first-order valence-electron chi connectivity index (χ1n) is 7.05. The van der Waals surface area contributed by atoms with Crippen LogP contribution in [0.15, 0.2) is 18.3 Å². The van der Waals surface area contributed by atoms with E-state index in [9.17, 15) is 4.79 Å². The van der Waals surface area contributed by atoms with E-state index in [1.54, 1.807) is 6.20 Å². The number of piperazine rings is 1. The average molecular weight is 259 g/mol. The van der Waals surface area contributed by atoms with Crippen LogP contribution in [0.4, 0.5) is 0 Å². The van der Waals surface area contributed by atoms with Crippen LogP contribution in [-0.4, -0.2) is 51.9 Å². The van der Waals surface area contributed by atoms with E-state index in [0.29, 0.717) is 18.1 Å². The number of hydrogen-bond acceptors (Lipinski definition) is 3. The van der Waals surface area contributed by atoms with Gasteiger partial charge >= 0.3 is 0 Å². The first-order valence-corrected chi connectivity index (χ1v) is 7.05. The van der Waals surface area contributed by atoms with Crippen LogP contribution in [0.1, 0.15) is 36.3 Å². The van der Waals surface area contributed by atoms with E-state index in [0.717, 1.165) is 30.8 Å². The first kappa shape index (κ1) is 12.6. The smallest absolute Gasteiger partial charge is 0.256 e. The summed E-state index contributed by atoms with van der Waals surface area (Å²) in [7, 11) is 0. The zero-order valence-corrected chi connectivity index (χ0v) is 11.8. The molecule has 0 aromatic carbocycles. The number of aryl methyl sites for hydroxylation is 1. The zero-order chi connectivity index (χ0) is 13.6. The molecule has 3 heterocycles. The topological polar surface area (TPSA) is 36.4 Å². The van der Waals surface area contributed by atoms with Crippen LogP contribution < -0.4 is 0 Å². The van der Waals surface area contributed by atoms with E-state index in [-0.39, 0.29) is 5.91 Å². The third kappa shape index (κ3) is 2.14. The second kappa shape index (κ2) is 4.60. The molecule has 1 amide bonds. The minimum Gasteiger partial charge on any atom is -0.330 e. The van der Waals surface area contributed by atoms with Crippen LogP contribution in [0.2, 0.25) is 0 Å². The Labute approximate surface area is 114 Å². The zero-order valence-electron chi connectivity index (χ0n) is 11.8. The second-order valence-electron chi connectivity index (χ2n) is 5.99. The quantitative estimate of drug-likeness (QED) is 0.811. The van der Waals surface area contributed by atoms with Crippen molar-refractivity contribution in [2.75, 3.05) is 13.1 Å². The van der Waals surface area contributed by atoms with E-state index in [2.05, 4.69) is 28.6 Å². The molecule has 0 saturated carbocycles. The number of rotatable bonds is 2. The molecule has 4 nitrogen and oxygen atoms in total. The van der Waals surface area contributed by atoms with Crippen molar-refractivity contribution in [2.45, 2.75) is 45.3 Å². The Hall–Kier alpha value is -1.42. The number of carbonyl (C=O) groups excluding carboxylic acids is 1. The molecule has 0 spiro atoms. The summed E-state index contributed by atoms with van der Waals surface area (Å²) in [5.74, 6) is 0.150. The van der Waals surface area contributed by atoms with Crippen LogP contribution >= 0.6 is 0 Å². The van der Waals surface area contributed by atoms with Crippen LogP contribution in [-0.2, 0) is 0 Å². The van der Waals surface area contributed by atoms with Gasteiger partial charge in [0.05, 0.1) is 5.56 Å². The van der Waals surface area contributed by atoms with Crippen molar-refractivity contribution in [3.05, 3.63) is 29.6 Å². The maximum absolute atomic E-state index is 12.5. The van der Waals surface area contributed by atoms with Gasteiger partial charge < -0.3 is 4.90 Å². The standard InChI is InChI=1S/C15H21N3O/c1-10(2)17-8-13-6-14(9-17)18(13)15(19)12-5-4-11(3)16-7-12/h4-5,7,10,13-14H,6,8-9H2,1-3H3. The molecule has 3 rings (SSSR count). The van der Waals surface area contributed by atoms with Crippen LogP contribution in [0.5, 0.6) is 0 Å². The van der Waals surface area contributed by atoms with Crippen molar-refractivity contribution in [3.63, 3.8) is 0 Å². The van der Waals surface area contributed by atoms with E-state index in [1.165, 1.54) is 0 Å². The van der Waals surface area contributed by atoms with Gasteiger partial charge in [-0.15, -0.1) is 0 Å². The maximum atomic E-state index is 12.5. The normalized spacial score (nSPS) is 26.4. The highest BCUT2D eigenvalue weighted by atomic mass is 16.2. The second-order valence-corrected chi connectivity index (χ2v) is 5.99. The molecule has 0 aliphatic carbocycles. The van der Waals surface area contributed by atoms with Crippen LogP contribution in [0.25, 0.3) is 0 Å². The summed E-state index contributed by atoms with van der Waals surface area (Å²) in [5.41, 5.74) is 1.67. The lowest BCUT2D eigenvalue weighted by atomic mass is 9.86. The highest BCUT2D eigenvalue weighted by Crippen LogP contribution is 2.34. The van der Waals surface area contributed by atoms with Gasteiger partial charge in [0.1, 0.15) is 0 Å². The number of amides is 1. The molecule has 1 aromatic rings. The van der Waals surface area contributed by atoms with Gasteiger partial charge in [0, 0.05) is 43.1 Å². The van der Waals surface area contributed by atoms with Gasteiger partial charge in [-0.25, -0.2) is 0 Å². The lowest BCUT2D eigenvalue weighted by Crippen LogP contribution is -2.70. The lowest BCUT2D eigenvalue weighted by molar-refractivity contribution is -0.0563. The Kier molecular flexibility index (Phi) is 3.05. The van der Waals surface area contributed by atoms with Crippen molar-refractivity contribution < 1.29 is 4.79 Å². The number of carbonyl (C=O) groups is 1. The number of piperidine rings is 1. The Morgan fingerprint density at radius 3 is 2.53 bits per heavy atom. The summed E-state index contributed by atoms with van der Waals surface area (Å²) in [5, 5.41) is 0. The largest absolute Gasteiger partial charge is 0.330 e. The summed E-state index contributed by atoms with van der Waals surface area (Å²) in [6, 6.07) is 5.16. The fourth-order valence-electron chi connectivity index (χ4n) is 3.14. The molecule has 0 radical (unpaired) electrons. The van der Waals surface area contributed by atoms with Crippen molar-refractivity contribution >= 4 is 5.91 Å². The number of pyridine rings is 1. The fraction of sp³-hybridized carbons (Fsp3) is 0.600. The molecule has 2 atom stereocenters. The average Bonchev–Trinajstić information content (AvgIpc) is 2.39. The molecule has 19 heavy (non-hydrogen) atoms. The molecule has 2 aliphatic rings. The van der Waals surface area contributed by atoms with Crippen molar-refractivity contribution in [1.29, 1.82) is 0 Å². The maximum Gasteiger partial charge on any atom is 0.256 e. The Balaban J connectivity index is 1.72. The van der Waals surface area contributed by atoms with Gasteiger partial charge in [-0.05, 0) is 39.3 Å². The van der Waals surface area contributed by atoms with Gasteiger partial charge in [0.15, 0.2) is 0 Å². The molecular weight excluding hydrogens is 238 g/mol. The molecular formula is C15H21N3O. The predicted molar refractivity (Wildman–Crippen MR) is 74.0 cm³/mol. The Bertz CT molecular complexity index is 471. The molecule has 2 aliphatic heterocycles. The summed E-state index contributed by atoms with van der Waals surface area (Å²) in [6.45, 7) is 8.41. The third-order valence-electron chi connectivity index (χ3n) is 4.34. The van der Waals surface area contributed by atoms with Gasteiger partial charge in [0.2, 0.25) is 0 Å². The SMILES string of the molecule is Cc1ccc(C(=O)N2C3CC2CN(C(C)C)C3)cn1. The summed E-state index contributed by atoms with van der Waals surface area (Å²) in [4.78, 5) is 21.2. The number of nitrogens with zero attached hydrogens (tertiary/aromatic N) is 3.